The molecule has 0 saturated heterocycles. The van der Waals surface area contributed by atoms with Crippen molar-refractivity contribution >= 4 is 17.1 Å². The Hall–Kier alpha value is -2.68. The van der Waals surface area contributed by atoms with Crippen LogP contribution in [0.5, 0.6) is 5.75 Å². The number of Topliss-reactive ketones (excluding diaryl/α,β-unsaturated/α-hetero) is 1. The largest absolute Gasteiger partial charge is 0.497 e. The average molecular weight is 264 g/mol. The number of ether oxygens (including phenoxy) is 1. The third kappa shape index (κ3) is 1.93. The van der Waals surface area contributed by atoms with Crippen LogP contribution in [0, 0.1) is 0 Å². The molecule has 0 bridgehead atoms. The molecule has 2 aromatic carbocycles. The molecule has 20 heavy (non-hydrogen) atoms. The first kappa shape index (κ1) is 12.4. The molecule has 3 heteroatoms. The van der Waals surface area contributed by atoms with Crippen LogP contribution in [0.4, 0.5) is 0 Å². The predicted molar refractivity (Wildman–Crippen MR) is 76.1 cm³/mol. The fourth-order valence-corrected chi connectivity index (χ4v) is 2.32. The number of hydrogen-bond donors (Lipinski definition) is 0. The maximum Gasteiger partial charge on any atom is 0.194 e. The number of methoxy groups -OCH3 is 1. The molecule has 1 aliphatic carbocycles. The molecule has 0 fully saturated rings. The summed E-state index contributed by atoms with van der Waals surface area (Å²) in [6.07, 6.45) is 1.40. The number of carbonyl (C=O) groups excluding carboxylic acids is 2. The van der Waals surface area contributed by atoms with Crippen LogP contribution in [0.2, 0.25) is 0 Å². The molecule has 0 amide bonds. The lowest BCUT2D eigenvalue weighted by atomic mass is 9.86. The molecule has 0 saturated carbocycles. The van der Waals surface area contributed by atoms with Gasteiger partial charge >= 0.3 is 0 Å². The van der Waals surface area contributed by atoms with Crippen molar-refractivity contribution in [3.63, 3.8) is 0 Å². The van der Waals surface area contributed by atoms with E-state index < -0.39 is 0 Å². The van der Waals surface area contributed by atoms with Crippen LogP contribution in [0.3, 0.4) is 0 Å². The van der Waals surface area contributed by atoms with Crippen LogP contribution in [-0.2, 0) is 0 Å². The van der Waals surface area contributed by atoms with Gasteiger partial charge in [-0.15, -0.1) is 0 Å². The number of rotatable bonds is 2. The molecule has 1 aliphatic rings. The lowest BCUT2D eigenvalue weighted by Gasteiger charge is -2.15. The first-order valence-corrected chi connectivity index (χ1v) is 6.25. The summed E-state index contributed by atoms with van der Waals surface area (Å²) in [5.74, 6) is 0.383. The van der Waals surface area contributed by atoms with E-state index in [2.05, 4.69) is 0 Å². The van der Waals surface area contributed by atoms with Crippen molar-refractivity contribution in [2.45, 2.75) is 0 Å². The summed E-state index contributed by atoms with van der Waals surface area (Å²) in [4.78, 5) is 24.6. The van der Waals surface area contributed by atoms with Crippen molar-refractivity contribution in [1.82, 2.24) is 0 Å². The van der Waals surface area contributed by atoms with E-state index in [9.17, 15) is 9.59 Å². The molecule has 0 aromatic heterocycles. The van der Waals surface area contributed by atoms with Gasteiger partial charge in [0.2, 0.25) is 0 Å². The van der Waals surface area contributed by atoms with Crippen LogP contribution >= 0.6 is 0 Å². The third-order valence-electron chi connectivity index (χ3n) is 3.34. The van der Waals surface area contributed by atoms with Gasteiger partial charge in [0.1, 0.15) is 5.75 Å². The highest BCUT2D eigenvalue weighted by molar-refractivity contribution is 6.38. The van der Waals surface area contributed by atoms with Gasteiger partial charge in [-0.2, -0.15) is 0 Å². The second-order valence-corrected chi connectivity index (χ2v) is 4.53. The van der Waals surface area contributed by atoms with Crippen molar-refractivity contribution in [1.29, 1.82) is 0 Å². The maximum atomic E-state index is 12.5. The number of allylic oxidation sites excluding steroid dienone is 2. The van der Waals surface area contributed by atoms with Gasteiger partial charge in [-0.3, -0.25) is 9.59 Å². The van der Waals surface area contributed by atoms with Crippen LogP contribution in [-0.4, -0.2) is 18.7 Å². The molecule has 0 heterocycles. The van der Waals surface area contributed by atoms with Gasteiger partial charge in [-0.25, -0.2) is 0 Å². The van der Waals surface area contributed by atoms with Crippen molar-refractivity contribution in [3.05, 3.63) is 71.3 Å². The Labute approximate surface area is 116 Å². The van der Waals surface area contributed by atoms with Crippen LogP contribution < -0.4 is 4.74 Å². The standard InChI is InChI=1S/C17H12O3/c1-20-12-6-4-5-11(9-12)15-10-16(18)13-7-2-3-8-14(13)17(15)19/h2-10H,1H3. The van der Waals surface area contributed by atoms with Crippen LogP contribution in [0.25, 0.3) is 5.57 Å². The zero-order chi connectivity index (χ0) is 14.1. The van der Waals surface area contributed by atoms with Gasteiger partial charge in [0.05, 0.1) is 7.11 Å². The van der Waals surface area contributed by atoms with Crippen molar-refractivity contribution in [2.75, 3.05) is 7.11 Å². The fraction of sp³-hybridized carbons (Fsp3) is 0.0588. The van der Waals surface area contributed by atoms with Crippen molar-refractivity contribution < 1.29 is 14.3 Å². The molecule has 0 unspecified atom stereocenters. The van der Waals surface area contributed by atoms with Crippen molar-refractivity contribution in [2.24, 2.45) is 0 Å². The van der Waals surface area contributed by atoms with E-state index in [0.717, 1.165) is 0 Å². The summed E-state index contributed by atoms with van der Waals surface area (Å²) < 4.78 is 5.15. The Kier molecular flexibility index (Phi) is 2.95. The van der Waals surface area contributed by atoms with E-state index in [0.29, 0.717) is 28.0 Å². The molecule has 0 N–H and O–H groups in total. The molecule has 98 valence electrons. The van der Waals surface area contributed by atoms with Crippen LogP contribution in [0.15, 0.2) is 54.6 Å². The Balaban J connectivity index is 2.12. The maximum absolute atomic E-state index is 12.5. The minimum absolute atomic E-state index is 0.131. The third-order valence-corrected chi connectivity index (χ3v) is 3.34. The molecule has 3 rings (SSSR count). The zero-order valence-corrected chi connectivity index (χ0v) is 10.9. The molecular weight excluding hydrogens is 252 g/mol. The topological polar surface area (TPSA) is 43.4 Å². The number of benzene rings is 2. The van der Waals surface area contributed by atoms with E-state index in [1.54, 1.807) is 55.6 Å². The second kappa shape index (κ2) is 4.78. The first-order chi connectivity index (χ1) is 9.70. The Morgan fingerprint density at radius 3 is 2.40 bits per heavy atom. The lowest BCUT2D eigenvalue weighted by molar-refractivity contribution is 0.100. The summed E-state index contributed by atoms with van der Waals surface area (Å²) in [6, 6.07) is 14.0. The number of carbonyl (C=O) groups is 2. The monoisotopic (exact) mass is 264 g/mol. The van der Waals surface area contributed by atoms with E-state index in [4.69, 9.17) is 4.74 Å². The predicted octanol–water partition coefficient (Wildman–Crippen LogP) is 3.16. The minimum Gasteiger partial charge on any atom is -0.497 e. The molecule has 0 aliphatic heterocycles. The highest BCUT2D eigenvalue weighted by atomic mass is 16.5. The van der Waals surface area contributed by atoms with E-state index in [1.807, 2.05) is 0 Å². The van der Waals surface area contributed by atoms with E-state index in [-0.39, 0.29) is 11.6 Å². The van der Waals surface area contributed by atoms with Gasteiger partial charge in [-0.05, 0) is 23.8 Å². The highest BCUT2D eigenvalue weighted by Gasteiger charge is 2.25. The zero-order valence-electron chi connectivity index (χ0n) is 10.9. The van der Waals surface area contributed by atoms with Gasteiger partial charge in [-0.1, -0.05) is 36.4 Å². The smallest absolute Gasteiger partial charge is 0.194 e. The van der Waals surface area contributed by atoms with Crippen molar-refractivity contribution in [3.8, 4) is 5.75 Å². The highest BCUT2D eigenvalue weighted by Crippen LogP contribution is 2.29. The number of ketones is 2. The molecule has 2 aromatic rings. The van der Waals surface area contributed by atoms with Gasteiger partial charge in [0.15, 0.2) is 11.6 Å². The summed E-state index contributed by atoms with van der Waals surface area (Å²) in [7, 11) is 1.57. The van der Waals surface area contributed by atoms with Gasteiger partial charge < -0.3 is 4.74 Å². The quantitative estimate of drug-likeness (QED) is 0.836. The van der Waals surface area contributed by atoms with Gasteiger partial charge in [0.25, 0.3) is 0 Å². The first-order valence-electron chi connectivity index (χ1n) is 6.25. The minimum atomic E-state index is -0.141. The average Bonchev–Trinajstić information content (AvgIpc) is 2.51. The van der Waals surface area contributed by atoms with Gasteiger partial charge in [0, 0.05) is 16.7 Å². The number of hydrogen-bond acceptors (Lipinski definition) is 3. The molecule has 3 nitrogen and oxygen atoms in total. The summed E-state index contributed by atoms with van der Waals surface area (Å²) in [6.45, 7) is 0. The second-order valence-electron chi connectivity index (χ2n) is 4.53. The summed E-state index contributed by atoms with van der Waals surface area (Å²) in [5, 5.41) is 0. The number of fused-ring (bicyclic) bond motifs is 1. The van der Waals surface area contributed by atoms with E-state index >= 15 is 0 Å². The summed E-state index contributed by atoms with van der Waals surface area (Å²) >= 11 is 0. The Morgan fingerprint density at radius 2 is 1.65 bits per heavy atom. The fourth-order valence-electron chi connectivity index (χ4n) is 2.32. The Bertz CT molecular complexity index is 741. The molecular formula is C17H12O3. The molecule has 0 spiro atoms. The normalized spacial score (nSPS) is 13.8. The van der Waals surface area contributed by atoms with Crippen LogP contribution in [0.1, 0.15) is 26.3 Å². The lowest BCUT2D eigenvalue weighted by Crippen LogP contribution is -2.16. The molecule has 0 atom stereocenters. The summed E-state index contributed by atoms with van der Waals surface area (Å²) in [5.41, 5.74) is 2.02. The van der Waals surface area contributed by atoms with E-state index in [1.165, 1.54) is 6.08 Å². The SMILES string of the molecule is COc1cccc(C2=CC(=O)c3ccccc3C2=O)c1. The Morgan fingerprint density at radius 1 is 0.900 bits per heavy atom. The molecule has 0 radical (unpaired) electrons.